The number of halogens is 1. The molecular weight excluding hydrogens is 337 g/mol. The number of para-hydroxylation sites is 1. The lowest BCUT2D eigenvalue weighted by Crippen LogP contribution is -2.43. The predicted molar refractivity (Wildman–Crippen MR) is 81.5 cm³/mol. The number of sulfonamides is 1. The van der Waals surface area contributed by atoms with Gasteiger partial charge in [0.15, 0.2) is 18.2 Å². The number of carbonyl (C=O) groups excluding carboxylic acids is 1. The summed E-state index contributed by atoms with van der Waals surface area (Å²) in [6.07, 6.45) is 0. The number of ether oxygens (including phenoxy) is 1. The predicted octanol–water partition coefficient (Wildman–Crippen LogP) is 1.09. The monoisotopic (exact) mass is 349 g/mol. The molecule has 1 amide bonds. The first-order chi connectivity index (χ1) is 11.4. The van der Waals surface area contributed by atoms with E-state index in [0.717, 1.165) is 0 Å². The van der Waals surface area contributed by atoms with E-state index in [1.807, 2.05) is 16.3 Å². The maximum absolute atomic E-state index is 13.3. The van der Waals surface area contributed by atoms with Gasteiger partial charge in [-0.05, 0) is 36.4 Å². The highest BCUT2D eigenvalue weighted by atomic mass is 32.2. The van der Waals surface area contributed by atoms with Gasteiger partial charge in [-0.15, -0.1) is 4.83 Å². The van der Waals surface area contributed by atoms with E-state index in [-0.39, 0.29) is 10.6 Å². The molecule has 0 aliphatic carbocycles. The number of nitrogens with zero attached hydrogens (tertiary/aromatic N) is 1. The van der Waals surface area contributed by atoms with E-state index < -0.39 is 28.4 Å². The van der Waals surface area contributed by atoms with Gasteiger partial charge in [0.25, 0.3) is 15.9 Å². The fourth-order valence-corrected chi connectivity index (χ4v) is 2.49. The summed E-state index contributed by atoms with van der Waals surface area (Å²) in [6.45, 7) is -0.573. The second-order valence-corrected chi connectivity index (χ2v) is 6.19. The molecule has 0 atom stereocenters. The van der Waals surface area contributed by atoms with Crippen molar-refractivity contribution in [3.63, 3.8) is 0 Å². The van der Waals surface area contributed by atoms with Crippen LogP contribution < -0.4 is 15.0 Å². The van der Waals surface area contributed by atoms with Crippen molar-refractivity contribution in [1.82, 2.24) is 10.3 Å². The third-order valence-electron chi connectivity index (χ3n) is 2.81. The van der Waals surface area contributed by atoms with Gasteiger partial charge in [0.05, 0.1) is 16.5 Å². The highest BCUT2D eigenvalue weighted by molar-refractivity contribution is 7.89. The molecule has 124 valence electrons. The number of carbonyl (C=O) groups is 1. The molecule has 0 unspecified atom stereocenters. The van der Waals surface area contributed by atoms with Crippen molar-refractivity contribution in [1.29, 1.82) is 5.26 Å². The van der Waals surface area contributed by atoms with Crippen LogP contribution in [0.25, 0.3) is 0 Å². The van der Waals surface area contributed by atoms with Gasteiger partial charge in [-0.2, -0.15) is 5.26 Å². The number of benzene rings is 2. The summed E-state index contributed by atoms with van der Waals surface area (Å²) in [6, 6.07) is 12.5. The topological polar surface area (TPSA) is 108 Å². The van der Waals surface area contributed by atoms with Gasteiger partial charge < -0.3 is 4.74 Å². The smallest absolute Gasteiger partial charge is 0.272 e. The Morgan fingerprint density at radius 2 is 1.83 bits per heavy atom. The molecule has 0 fully saturated rings. The highest BCUT2D eigenvalue weighted by Gasteiger charge is 2.15. The lowest BCUT2D eigenvalue weighted by molar-refractivity contribution is -0.123. The minimum Gasteiger partial charge on any atom is -0.481 e. The number of hydrogen-bond acceptors (Lipinski definition) is 5. The normalized spacial score (nSPS) is 10.7. The quantitative estimate of drug-likeness (QED) is 0.759. The fraction of sp³-hybridized carbons (Fsp3) is 0.0667. The van der Waals surface area contributed by atoms with E-state index in [9.17, 15) is 17.6 Å². The van der Waals surface area contributed by atoms with Crippen LogP contribution >= 0.6 is 0 Å². The van der Waals surface area contributed by atoms with Crippen molar-refractivity contribution in [2.75, 3.05) is 6.61 Å². The van der Waals surface area contributed by atoms with Gasteiger partial charge in [0, 0.05) is 0 Å². The van der Waals surface area contributed by atoms with Crippen LogP contribution in [0.5, 0.6) is 5.75 Å². The zero-order chi connectivity index (χ0) is 17.6. The zero-order valence-corrected chi connectivity index (χ0v) is 13.0. The van der Waals surface area contributed by atoms with Gasteiger partial charge in [0.1, 0.15) is 0 Å². The first-order valence-electron chi connectivity index (χ1n) is 6.60. The van der Waals surface area contributed by atoms with Crippen LogP contribution in [0.1, 0.15) is 5.56 Å². The Morgan fingerprint density at radius 3 is 2.46 bits per heavy atom. The van der Waals surface area contributed by atoms with Crippen LogP contribution in [0.3, 0.4) is 0 Å². The summed E-state index contributed by atoms with van der Waals surface area (Å²) < 4.78 is 42.2. The number of rotatable bonds is 6. The molecule has 2 aromatic carbocycles. The van der Waals surface area contributed by atoms with Crippen LogP contribution in [-0.2, 0) is 14.8 Å². The first-order valence-corrected chi connectivity index (χ1v) is 8.09. The standard InChI is InChI=1S/C15H12FN3O4S/c16-13-3-1-2-4-14(13)23-10-15(20)18-19-24(21,22)12-7-5-11(9-17)6-8-12/h1-8,19H,10H2,(H,18,20). The Bertz CT molecular complexity index is 876. The van der Waals surface area contributed by atoms with E-state index in [1.54, 1.807) is 0 Å². The molecule has 0 saturated heterocycles. The number of hydrogen-bond donors (Lipinski definition) is 2. The molecule has 2 rings (SSSR count). The van der Waals surface area contributed by atoms with Gasteiger partial charge >= 0.3 is 0 Å². The molecule has 0 saturated carbocycles. The Kier molecular flexibility index (Phi) is 5.47. The second-order valence-electron chi connectivity index (χ2n) is 4.51. The van der Waals surface area contributed by atoms with Gasteiger partial charge in [-0.3, -0.25) is 10.2 Å². The van der Waals surface area contributed by atoms with Crippen molar-refractivity contribution < 1.29 is 22.3 Å². The van der Waals surface area contributed by atoms with Crippen molar-refractivity contribution in [2.45, 2.75) is 4.90 Å². The zero-order valence-electron chi connectivity index (χ0n) is 12.2. The van der Waals surface area contributed by atoms with Crippen LogP contribution in [0, 0.1) is 17.1 Å². The van der Waals surface area contributed by atoms with E-state index in [2.05, 4.69) is 0 Å². The molecule has 0 aromatic heterocycles. The molecule has 0 spiro atoms. The van der Waals surface area contributed by atoms with Crippen molar-refractivity contribution in [3.05, 3.63) is 59.9 Å². The van der Waals surface area contributed by atoms with Gasteiger partial charge in [-0.25, -0.2) is 12.8 Å². The van der Waals surface area contributed by atoms with Crippen molar-refractivity contribution in [3.8, 4) is 11.8 Å². The van der Waals surface area contributed by atoms with Gasteiger partial charge in [-0.1, -0.05) is 12.1 Å². The maximum atomic E-state index is 13.3. The molecule has 0 heterocycles. The molecule has 0 bridgehead atoms. The van der Waals surface area contributed by atoms with E-state index in [1.165, 1.54) is 48.5 Å². The lowest BCUT2D eigenvalue weighted by Gasteiger charge is -2.10. The third kappa shape index (κ3) is 4.52. The number of nitrogens with one attached hydrogen (secondary N) is 2. The molecule has 2 aromatic rings. The van der Waals surface area contributed by atoms with Crippen LogP contribution in [0.4, 0.5) is 4.39 Å². The average Bonchev–Trinajstić information content (AvgIpc) is 2.59. The molecule has 0 radical (unpaired) electrons. The summed E-state index contributed by atoms with van der Waals surface area (Å²) in [4.78, 5) is 13.3. The molecule has 0 aliphatic heterocycles. The Labute approximate surface area is 137 Å². The summed E-state index contributed by atoms with van der Waals surface area (Å²) in [5, 5.41) is 8.67. The third-order valence-corrected chi connectivity index (χ3v) is 4.08. The second kappa shape index (κ2) is 7.54. The van der Waals surface area contributed by atoms with E-state index >= 15 is 0 Å². The maximum Gasteiger partial charge on any atom is 0.272 e. The summed E-state index contributed by atoms with van der Waals surface area (Å²) in [5.41, 5.74) is 2.25. The molecule has 24 heavy (non-hydrogen) atoms. The largest absolute Gasteiger partial charge is 0.481 e. The molecular formula is C15H12FN3O4S. The summed E-state index contributed by atoms with van der Waals surface area (Å²) in [5.74, 6) is -1.57. The Hall–Kier alpha value is -2.96. The number of nitriles is 1. The minimum absolute atomic E-state index is 0.123. The summed E-state index contributed by atoms with van der Waals surface area (Å²) in [7, 11) is -3.99. The minimum atomic E-state index is -3.99. The van der Waals surface area contributed by atoms with Crippen LogP contribution in [-0.4, -0.2) is 20.9 Å². The van der Waals surface area contributed by atoms with E-state index in [4.69, 9.17) is 10.00 Å². The van der Waals surface area contributed by atoms with Crippen LogP contribution in [0.15, 0.2) is 53.4 Å². The number of amides is 1. The highest BCUT2D eigenvalue weighted by Crippen LogP contribution is 2.14. The summed E-state index contributed by atoms with van der Waals surface area (Å²) >= 11 is 0. The van der Waals surface area contributed by atoms with Crippen molar-refractivity contribution >= 4 is 15.9 Å². The first kappa shape index (κ1) is 17.4. The Morgan fingerprint density at radius 1 is 1.17 bits per heavy atom. The van der Waals surface area contributed by atoms with Crippen molar-refractivity contribution in [2.24, 2.45) is 0 Å². The molecule has 2 N–H and O–H groups in total. The SMILES string of the molecule is N#Cc1ccc(S(=O)(=O)NNC(=O)COc2ccccc2F)cc1. The van der Waals surface area contributed by atoms with Crippen LogP contribution in [0.2, 0.25) is 0 Å². The average molecular weight is 349 g/mol. The Balaban J connectivity index is 1.90. The number of hydrazine groups is 1. The molecule has 0 aliphatic rings. The van der Waals surface area contributed by atoms with E-state index in [0.29, 0.717) is 5.56 Å². The fourth-order valence-electron chi connectivity index (χ4n) is 1.63. The molecule has 7 nitrogen and oxygen atoms in total. The lowest BCUT2D eigenvalue weighted by atomic mass is 10.2. The molecule has 9 heteroatoms. The van der Waals surface area contributed by atoms with Gasteiger partial charge in [0.2, 0.25) is 0 Å².